The Labute approximate surface area is 287 Å². The summed E-state index contributed by atoms with van der Waals surface area (Å²) in [7, 11) is 0. The molecule has 0 aromatic heterocycles. The van der Waals surface area contributed by atoms with Crippen LogP contribution in [0.15, 0.2) is 36.5 Å². The summed E-state index contributed by atoms with van der Waals surface area (Å²) >= 11 is 0. The molecular formula is C42H78O4. The molecule has 0 bridgehead atoms. The lowest BCUT2D eigenvalue weighted by molar-refractivity contribution is -0.154. The Kier molecular flexibility index (Phi) is 38.6. The predicted octanol–water partition coefficient (Wildman–Crippen LogP) is 12.9. The summed E-state index contributed by atoms with van der Waals surface area (Å²) in [6, 6.07) is 0. The highest BCUT2D eigenvalue weighted by Crippen LogP contribution is 2.14. The molecular weight excluding hydrogens is 568 g/mol. The third-order valence-electron chi connectivity index (χ3n) is 8.67. The summed E-state index contributed by atoms with van der Waals surface area (Å²) in [6.07, 6.45) is 49.1. The molecule has 0 spiro atoms. The zero-order chi connectivity index (χ0) is 33.4. The van der Waals surface area contributed by atoms with Crippen molar-refractivity contribution in [3.63, 3.8) is 0 Å². The molecule has 1 atom stereocenters. The van der Waals surface area contributed by atoms with Gasteiger partial charge in [0.15, 0.2) is 0 Å². The van der Waals surface area contributed by atoms with E-state index in [2.05, 4.69) is 50.3 Å². The fourth-order valence-corrected chi connectivity index (χ4v) is 5.65. The van der Waals surface area contributed by atoms with Crippen LogP contribution in [0.4, 0.5) is 0 Å². The van der Waals surface area contributed by atoms with Crippen LogP contribution in [0.3, 0.4) is 0 Å². The molecule has 0 radical (unpaired) electrons. The van der Waals surface area contributed by atoms with Gasteiger partial charge >= 0.3 is 5.97 Å². The van der Waals surface area contributed by atoms with Gasteiger partial charge in [-0.15, -0.1) is 0 Å². The van der Waals surface area contributed by atoms with Gasteiger partial charge in [-0.3, -0.25) is 4.79 Å². The van der Waals surface area contributed by atoms with Crippen molar-refractivity contribution in [2.75, 3.05) is 19.8 Å². The summed E-state index contributed by atoms with van der Waals surface area (Å²) in [5.74, 6) is -0.206. The number of carbonyl (C=O) groups is 1. The van der Waals surface area contributed by atoms with Gasteiger partial charge in [0.2, 0.25) is 0 Å². The minimum Gasteiger partial charge on any atom is -0.457 e. The average molecular weight is 647 g/mol. The first-order valence-corrected chi connectivity index (χ1v) is 20.1. The molecule has 0 fully saturated rings. The Morgan fingerprint density at radius 3 is 1.46 bits per heavy atom. The molecule has 0 rings (SSSR count). The highest BCUT2D eigenvalue weighted by Gasteiger charge is 2.13. The molecule has 0 saturated heterocycles. The third-order valence-corrected chi connectivity index (χ3v) is 8.67. The van der Waals surface area contributed by atoms with Crippen LogP contribution in [0.1, 0.15) is 200 Å². The summed E-state index contributed by atoms with van der Waals surface area (Å²) in [5, 5.41) is 9.56. The SMILES string of the molecule is CCC/C=C\CCCCCCCCOCC(CO)OC(=O)CCCCCCCCCCCCC/C=C\C/C=C\CCCCCCC. The van der Waals surface area contributed by atoms with E-state index >= 15 is 0 Å². The van der Waals surface area contributed by atoms with Crippen molar-refractivity contribution in [2.45, 2.75) is 206 Å². The van der Waals surface area contributed by atoms with Gasteiger partial charge in [-0.05, 0) is 64.2 Å². The monoisotopic (exact) mass is 647 g/mol. The van der Waals surface area contributed by atoms with Gasteiger partial charge in [0.05, 0.1) is 13.2 Å². The predicted molar refractivity (Wildman–Crippen MR) is 200 cm³/mol. The summed E-state index contributed by atoms with van der Waals surface area (Å²) in [5.41, 5.74) is 0. The standard InChI is InChI=1S/C42H78O4/c1-3-5-7-9-11-13-15-16-17-18-19-20-21-22-23-24-25-26-27-29-31-33-35-37-42(44)46-41(39-43)40-45-38-36-34-32-30-28-14-12-10-8-6-4-2/h8,10,15-16,18-19,41,43H,3-7,9,11-14,17,20-40H2,1-2H3/b10-8-,16-15-,19-18-. The van der Waals surface area contributed by atoms with Crippen LogP contribution >= 0.6 is 0 Å². The van der Waals surface area contributed by atoms with Crippen LogP contribution in [-0.4, -0.2) is 37.0 Å². The van der Waals surface area contributed by atoms with Gasteiger partial charge in [-0.2, -0.15) is 0 Å². The fraction of sp³-hybridized carbons (Fsp3) is 0.833. The van der Waals surface area contributed by atoms with Gasteiger partial charge in [0.25, 0.3) is 0 Å². The number of rotatable bonds is 37. The van der Waals surface area contributed by atoms with Crippen molar-refractivity contribution in [2.24, 2.45) is 0 Å². The second kappa shape index (κ2) is 39.8. The Morgan fingerprint density at radius 1 is 0.522 bits per heavy atom. The van der Waals surface area contributed by atoms with Gasteiger partial charge in [0, 0.05) is 13.0 Å². The smallest absolute Gasteiger partial charge is 0.306 e. The minimum absolute atomic E-state index is 0.174. The number of carbonyl (C=O) groups excluding carboxylic acids is 1. The molecule has 1 unspecified atom stereocenters. The van der Waals surface area contributed by atoms with E-state index in [0.717, 1.165) is 25.7 Å². The van der Waals surface area contributed by atoms with Crippen LogP contribution in [0, 0.1) is 0 Å². The number of aliphatic hydroxyl groups is 1. The summed E-state index contributed by atoms with van der Waals surface area (Å²) in [6.45, 7) is 5.28. The molecule has 0 saturated carbocycles. The quantitative estimate of drug-likeness (QED) is 0.0414. The van der Waals surface area contributed by atoms with E-state index in [4.69, 9.17) is 9.47 Å². The summed E-state index contributed by atoms with van der Waals surface area (Å²) < 4.78 is 11.1. The second-order valence-electron chi connectivity index (χ2n) is 13.3. The molecule has 0 aliphatic carbocycles. The van der Waals surface area contributed by atoms with E-state index in [-0.39, 0.29) is 12.6 Å². The van der Waals surface area contributed by atoms with E-state index in [0.29, 0.717) is 19.6 Å². The van der Waals surface area contributed by atoms with Gasteiger partial charge in [0.1, 0.15) is 6.10 Å². The number of aliphatic hydroxyl groups excluding tert-OH is 1. The van der Waals surface area contributed by atoms with E-state index < -0.39 is 6.10 Å². The van der Waals surface area contributed by atoms with E-state index in [1.54, 1.807) is 0 Å². The Hall–Kier alpha value is -1.39. The molecule has 0 aromatic rings. The maximum atomic E-state index is 12.2. The van der Waals surface area contributed by atoms with Crippen LogP contribution in [0.25, 0.3) is 0 Å². The maximum absolute atomic E-state index is 12.2. The van der Waals surface area contributed by atoms with Gasteiger partial charge in [-0.1, -0.05) is 166 Å². The first kappa shape index (κ1) is 44.6. The second-order valence-corrected chi connectivity index (χ2v) is 13.3. The van der Waals surface area contributed by atoms with Crippen LogP contribution in [-0.2, 0) is 14.3 Å². The number of unbranched alkanes of at least 4 members (excludes halogenated alkanes) is 23. The molecule has 1 N–H and O–H groups in total. The van der Waals surface area contributed by atoms with E-state index in [1.165, 1.54) is 154 Å². The van der Waals surface area contributed by atoms with Gasteiger partial charge in [-0.25, -0.2) is 0 Å². The third kappa shape index (κ3) is 37.1. The molecule has 0 aliphatic rings. The first-order valence-electron chi connectivity index (χ1n) is 20.1. The normalized spacial score (nSPS) is 12.7. The van der Waals surface area contributed by atoms with Gasteiger partial charge < -0.3 is 14.6 Å². The highest BCUT2D eigenvalue weighted by atomic mass is 16.6. The zero-order valence-electron chi connectivity index (χ0n) is 30.8. The lowest BCUT2D eigenvalue weighted by Crippen LogP contribution is -2.27. The molecule has 46 heavy (non-hydrogen) atoms. The van der Waals surface area contributed by atoms with Crippen molar-refractivity contribution in [1.82, 2.24) is 0 Å². The summed E-state index contributed by atoms with van der Waals surface area (Å²) in [4.78, 5) is 12.2. The average Bonchev–Trinajstić information content (AvgIpc) is 3.06. The zero-order valence-corrected chi connectivity index (χ0v) is 30.8. The Bertz CT molecular complexity index is 683. The van der Waals surface area contributed by atoms with Crippen molar-refractivity contribution in [1.29, 1.82) is 0 Å². The molecule has 270 valence electrons. The van der Waals surface area contributed by atoms with Crippen LogP contribution in [0.2, 0.25) is 0 Å². The van der Waals surface area contributed by atoms with E-state index in [9.17, 15) is 9.90 Å². The first-order chi connectivity index (χ1) is 22.7. The fourth-order valence-electron chi connectivity index (χ4n) is 5.65. The van der Waals surface area contributed by atoms with Crippen molar-refractivity contribution in [3.05, 3.63) is 36.5 Å². The van der Waals surface area contributed by atoms with Crippen molar-refractivity contribution < 1.29 is 19.4 Å². The number of allylic oxidation sites excluding steroid dienone is 6. The number of ether oxygens (including phenoxy) is 2. The maximum Gasteiger partial charge on any atom is 0.306 e. The van der Waals surface area contributed by atoms with Crippen molar-refractivity contribution in [3.8, 4) is 0 Å². The number of hydrogen-bond acceptors (Lipinski definition) is 4. The van der Waals surface area contributed by atoms with Crippen LogP contribution in [0.5, 0.6) is 0 Å². The highest BCUT2D eigenvalue weighted by molar-refractivity contribution is 5.69. The number of hydrogen-bond donors (Lipinski definition) is 1. The Morgan fingerprint density at radius 2 is 0.957 bits per heavy atom. The molecule has 4 heteroatoms. The molecule has 0 aliphatic heterocycles. The molecule has 4 nitrogen and oxygen atoms in total. The molecule has 0 heterocycles. The lowest BCUT2D eigenvalue weighted by atomic mass is 10.0. The molecule has 0 amide bonds. The topological polar surface area (TPSA) is 55.8 Å². The Balaban J connectivity index is 3.41. The minimum atomic E-state index is -0.535. The van der Waals surface area contributed by atoms with Crippen molar-refractivity contribution >= 4 is 5.97 Å². The largest absolute Gasteiger partial charge is 0.457 e. The number of esters is 1. The van der Waals surface area contributed by atoms with E-state index in [1.807, 2.05) is 0 Å². The molecule has 0 aromatic carbocycles. The lowest BCUT2D eigenvalue weighted by Gasteiger charge is -2.15. The van der Waals surface area contributed by atoms with Crippen LogP contribution < -0.4 is 0 Å².